The Labute approximate surface area is 107 Å². The quantitative estimate of drug-likeness (QED) is 0.863. The van der Waals surface area contributed by atoms with Gasteiger partial charge in [-0.3, -0.25) is 0 Å². The van der Waals surface area contributed by atoms with Gasteiger partial charge in [0.15, 0.2) is 0 Å². The second-order valence-electron chi connectivity index (χ2n) is 4.49. The second kappa shape index (κ2) is 6.22. The van der Waals surface area contributed by atoms with Gasteiger partial charge in [0.25, 0.3) is 0 Å². The summed E-state index contributed by atoms with van der Waals surface area (Å²) in [6.07, 6.45) is 4.96. The normalized spacial score (nSPS) is 20.2. The van der Waals surface area contributed by atoms with Crippen LogP contribution in [0.25, 0.3) is 0 Å². The summed E-state index contributed by atoms with van der Waals surface area (Å²) in [5.74, 6) is -0.369. The van der Waals surface area contributed by atoms with Crippen LogP contribution in [0.15, 0.2) is 18.2 Å². The molecular formula is C13H18ClFN2. The highest BCUT2D eigenvalue weighted by Crippen LogP contribution is 2.19. The summed E-state index contributed by atoms with van der Waals surface area (Å²) in [6, 6.07) is 5.36. The molecular weight excluding hydrogens is 239 g/mol. The van der Waals surface area contributed by atoms with E-state index in [0.717, 1.165) is 25.2 Å². The maximum Gasteiger partial charge on any atom is 0.141 e. The van der Waals surface area contributed by atoms with Gasteiger partial charge in [0.1, 0.15) is 5.82 Å². The maximum atomic E-state index is 12.9. The van der Waals surface area contributed by atoms with E-state index in [4.69, 9.17) is 11.6 Å². The Morgan fingerprint density at radius 3 is 3.00 bits per heavy atom. The smallest absolute Gasteiger partial charge is 0.141 e. The summed E-state index contributed by atoms with van der Waals surface area (Å²) in [5, 5.41) is 6.94. The molecule has 1 aliphatic rings. The molecule has 2 nitrogen and oxygen atoms in total. The van der Waals surface area contributed by atoms with Crippen LogP contribution >= 0.6 is 11.6 Å². The fraction of sp³-hybridized carbons (Fsp3) is 0.538. The molecule has 94 valence electrons. The standard InChI is InChI=1S/C13H18ClFN2/c14-12-9-11(4-5-13(12)15)17-8-6-10-3-1-2-7-16-10/h4-5,9-10,16-17H,1-3,6-8H2. The largest absolute Gasteiger partial charge is 0.385 e. The summed E-state index contributed by atoms with van der Waals surface area (Å²) in [4.78, 5) is 0. The fourth-order valence-corrected chi connectivity index (χ4v) is 2.35. The molecule has 1 atom stereocenters. The van der Waals surface area contributed by atoms with Crippen molar-refractivity contribution < 1.29 is 4.39 Å². The molecule has 0 saturated carbocycles. The first-order valence-corrected chi connectivity index (χ1v) is 6.56. The zero-order valence-electron chi connectivity index (χ0n) is 9.81. The average Bonchev–Trinajstić information content (AvgIpc) is 2.35. The van der Waals surface area contributed by atoms with Crippen LogP contribution in [-0.4, -0.2) is 19.1 Å². The Bertz CT molecular complexity index is 364. The van der Waals surface area contributed by atoms with E-state index >= 15 is 0 Å². The molecule has 0 aromatic heterocycles. The van der Waals surface area contributed by atoms with E-state index in [0.29, 0.717) is 6.04 Å². The summed E-state index contributed by atoms with van der Waals surface area (Å²) >= 11 is 5.71. The minimum atomic E-state index is -0.369. The minimum Gasteiger partial charge on any atom is -0.385 e. The zero-order chi connectivity index (χ0) is 12.1. The Morgan fingerprint density at radius 2 is 2.29 bits per heavy atom. The van der Waals surface area contributed by atoms with Crippen LogP contribution in [-0.2, 0) is 0 Å². The number of nitrogens with one attached hydrogen (secondary N) is 2. The van der Waals surface area contributed by atoms with Crippen molar-refractivity contribution in [1.82, 2.24) is 5.32 Å². The van der Waals surface area contributed by atoms with Gasteiger partial charge in [0, 0.05) is 18.3 Å². The van der Waals surface area contributed by atoms with E-state index in [-0.39, 0.29) is 10.8 Å². The van der Waals surface area contributed by atoms with Gasteiger partial charge in [-0.25, -0.2) is 4.39 Å². The van der Waals surface area contributed by atoms with Gasteiger partial charge in [-0.1, -0.05) is 18.0 Å². The van der Waals surface area contributed by atoms with Crippen molar-refractivity contribution >= 4 is 17.3 Å². The third-order valence-electron chi connectivity index (χ3n) is 3.15. The summed E-state index contributed by atoms with van der Waals surface area (Å²) in [5.41, 5.74) is 0.882. The molecule has 1 aromatic rings. The number of piperidine rings is 1. The fourth-order valence-electron chi connectivity index (χ4n) is 2.17. The van der Waals surface area contributed by atoms with Crippen LogP contribution < -0.4 is 10.6 Å². The lowest BCUT2D eigenvalue weighted by atomic mass is 10.0. The van der Waals surface area contributed by atoms with Gasteiger partial charge in [-0.15, -0.1) is 0 Å². The van der Waals surface area contributed by atoms with Crippen molar-refractivity contribution in [2.45, 2.75) is 31.7 Å². The molecule has 4 heteroatoms. The van der Waals surface area contributed by atoms with Crippen LogP contribution in [0.3, 0.4) is 0 Å². The lowest BCUT2D eigenvalue weighted by Crippen LogP contribution is -2.35. The predicted molar refractivity (Wildman–Crippen MR) is 70.2 cm³/mol. The second-order valence-corrected chi connectivity index (χ2v) is 4.90. The molecule has 2 N–H and O–H groups in total. The molecule has 0 aliphatic carbocycles. The molecule has 0 amide bonds. The van der Waals surface area contributed by atoms with E-state index in [2.05, 4.69) is 10.6 Å². The number of halogens is 2. The number of rotatable bonds is 4. The van der Waals surface area contributed by atoms with Gasteiger partial charge in [-0.2, -0.15) is 0 Å². The van der Waals surface area contributed by atoms with E-state index in [1.165, 1.54) is 25.3 Å². The van der Waals surface area contributed by atoms with Crippen LogP contribution in [0, 0.1) is 5.82 Å². The number of hydrogen-bond acceptors (Lipinski definition) is 2. The van der Waals surface area contributed by atoms with Crippen LogP contribution in [0.1, 0.15) is 25.7 Å². The van der Waals surface area contributed by atoms with E-state index < -0.39 is 0 Å². The Balaban J connectivity index is 1.75. The summed E-state index contributed by atoms with van der Waals surface area (Å²) in [7, 11) is 0. The van der Waals surface area contributed by atoms with Crippen molar-refractivity contribution in [3.05, 3.63) is 29.0 Å². The van der Waals surface area contributed by atoms with E-state index in [1.807, 2.05) is 0 Å². The molecule has 1 unspecified atom stereocenters. The molecule has 1 aromatic carbocycles. The summed E-state index contributed by atoms with van der Waals surface area (Å²) < 4.78 is 12.9. The highest BCUT2D eigenvalue weighted by atomic mass is 35.5. The Kier molecular flexibility index (Phi) is 4.63. The molecule has 0 radical (unpaired) electrons. The summed E-state index contributed by atoms with van der Waals surface area (Å²) in [6.45, 7) is 2.02. The number of benzene rings is 1. The minimum absolute atomic E-state index is 0.172. The van der Waals surface area contributed by atoms with Crippen molar-refractivity contribution in [3.8, 4) is 0 Å². The van der Waals surface area contributed by atoms with Crippen LogP contribution in [0.2, 0.25) is 5.02 Å². The maximum absolute atomic E-state index is 12.9. The van der Waals surface area contributed by atoms with Crippen molar-refractivity contribution in [3.63, 3.8) is 0 Å². The SMILES string of the molecule is Fc1ccc(NCCC2CCCCN2)cc1Cl. The topological polar surface area (TPSA) is 24.1 Å². The lowest BCUT2D eigenvalue weighted by molar-refractivity contribution is 0.389. The van der Waals surface area contributed by atoms with Gasteiger partial charge in [0.05, 0.1) is 5.02 Å². The number of anilines is 1. The molecule has 1 saturated heterocycles. The Hall–Kier alpha value is -0.800. The number of hydrogen-bond donors (Lipinski definition) is 2. The molecule has 1 aliphatic heterocycles. The van der Waals surface area contributed by atoms with Crippen molar-refractivity contribution in [1.29, 1.82) is 0 Å². The van der Waals surface area contributed by atoms with Gasteiger partial charge in [-0.05, 0) is 44.0 Å². The third-order valence-corrected chi connectivity index (χ3v) is 3.44. The first-order valence-electron chi connectivity index (χ1n) is 6.18. The van der Waals surface area contributed by atoms with E-state index in [1.54, 1.807) is 12.1 Å². The van der Waals surface area contributed by atoms with Gasteiger partial charge >= 0.3 is 0 Å². The first kappa shape index (κ1) is 12.7. The predicted octanol–water partition coefficient (Wildman–Crippen LogP) is 3.42. The van der Waals surface area contributed by atoms with Crippen molar-refractivity contribution in [2.75, 3.05) is 18.4 Å². The van der Waals surface area contributed by atoms with Gasteiger partial charge < -0.3 is 10.6 Å². The van der Waals surface area contributed by atoms with E-state index in [9.17, 15) is 4.39 Å². The first-order chi connectivity index (χ1) is 8.25. The molecule has 0 spiro atoms. The molecule has 2 rings (SSSR count). The third kappa shape index (κ3) is 3.86. The molecule has 1 fully saturated rings. The van der Waals surface area contributed by atoms with Crippen molar-refractivity contribution in [2.24, 2.45) is 0 Å². The highest BCUT2D eigenvalue weighted by molar-refractivity contribution is 6.31. The Morgan fingerprint density at radius 1 is 1.41 bits per heavy atom. The monoisotopic (exact) mass is 256 g/mol. The molecule has 1 heterocycles. The lowest BCUT2D eigenvalue weighted by Gasteiger charge is -2.23. The van der Waals surface area contributed by atoms with Gasteiger partial charge in [0.2, 0.25) is 0 Å². The highest BCUT2D eigenvalue weighted by Gasteiger charge is 2.11. The zero-order valence-corrected chi connectivity index (χ0v) is 10.6. The van der Waals surface area contributed by atoms with Crippen LogP contribution in [0.4, 0.5) is 10.1 Å². The average molecular weight is 257 g/mol. The molecule has 17 heavy (non-hydrogen) atoms. The molecule has 0 bridgehead atoms. The van der Waals surface area contributed by atoms with Crippen LogP contribution in [0.5, 0.6) is 0 Å².